The Bertz CT molecular complexity index is 356. The van der Waals surface area contributed by atoms with E-state index < -0.39 is 0 Å². The minimum Gasteiger partial charge on any atom is -0.506 e. The van der Waals surface area contributed by atoms with E-state index >= 15 is 0 Å². The summed E-state index contributed by atoms with van der Waals surface area (Å²) >= 11 is 0. The number of anilines is 1. The van der Waals surface area contributed by atoms with Crippen molar-refractivity contribution < 1.29 is 9.90 Å². The smallest absolute Gasteiger partial charge is 0.225 e. The van der Waals surface area contributed by atoms with Gasteiger partial charge < -0.3 is 16.2 Å². The standard InChI is InChI=1S/C11H16N2O2.ClH/c1-2-8-3-4-10(14)9(7-8)13-11(15)5-6-12;/h3-4,7,14H,2,5-6,12H2,1H3,(H,13,15);1H. The third-order valence-corrected chi connectivity index (χ3v) is 2.11. The minimum atomic E-state index is -0.180. The number of rotatable bonds is 4. The number of phenolic OH excluding ortho intramolecular Hbond substituents is 1. The van der Waals surface area contributed by atoms with Crippen molar-refractivity contribution >= 4 is 24.0 Å². The number of carbonyl (C=O) groups is 1. The van der Waals surface area contributed by atoms with E-state index in [2.05, 4.69) is 5.32 Å². The van der Waals surface area contributed by atoms with Crippen LogP contribution in [0.5, 0.6) is 5.75 Å². The Morgan fingerprint density at radius 1 is 1.50 bits per heavy atom. The van der Waals surface area contributed by atoms with E-state index in [0.717, 1.165) is 12.0 Å². The van der Waals surface area contributed by atoms with Gasteiger partial charge in [0.25, 0.3) is 0 Å². The van der Waals surface area contributed by atoms with Gasteiger partial charge in [-0.2, -0.15) is 0 Å². The van der Waals surface area contributed by atoms with Gasteiger partial charge in [0.05, 0.1) is 5.69 Å². The molecule has 0 heterocycles. The molecule has 0 saturated carbocycles. The van der Waals surface area contributed by atoms with Crippen LogP contribution < -0.4 is 11.1 Å². The van der Waals surface area contributed by atoms with Crippen molar-refractivity contribution in [3.63, 3.8) is 0 Å². The van der Waals surface area contributed by atoms with Crippen LogP contribution in [0.2, 0.25) is 0 Å². The Hall–Kier alpha value is -1.26. The van der Waals surface area contributed by atoms with Crippen molar-refractivity contribution in [1.82, 2.24) is 0 Å². The monoisotopic (exact) mass is 244 g/mol. The van der Waals surface area contributed by atoms with Crippen molar-refractivity contribution in [3.8, 4) is 5.75 Å². The third kappa shape index (κ3) is 4.08. The molecule has 0 aliphatic rings. The molecule has 16 heavy (non-hydrogen) atoms. The quantitative estimate of drug-likeness (QED) is 0.706. The molecule has 0 fully saturated rings. The fourth-order valence-corrected chi connectivity index (χ4v) is 1.25. The first-order valence-corrected chi connectivity index (χ1v) is 4.99. The first kappa shape index (κ1) is 14.7. The van der Waals surface area contributed by atoms with Crippen LogP contribution in [-0.4, -0.2) is 17.6 Å². The highest BCUT2D eigenvalue weighted by Gasteiger charge is 2.05. The van der Waals surface area contributed by atoms with Gasteiger partial charge in [0.15, 0.2) is 0 Å². The summed E-state index contributed by atoms with van der Waals surface area (Å²) in [5.74, 6) is -0.0985. The lowest BCUT2D eigenvalue weighted by atomic mass is 10.1. The van der Waals surface area contributed by atoms with Gasteiger partial charge in [0.1, 0.15) is 5.75 Å². The molecule has 4 nitrogen and oxygen atoms in total. The fraction of sp³-hybridized carbons (Fsp3) is 0.364. The van der Waals surface area contributed by atoms with E-state index in [0.29, 0.717) is 12.2 Å². The minimum absolute atomic E-state index is 0. The maximum Gasteiger partial charge on any atom is 0.225 e. The van der Waals surface area contributed by atoms with Crippen LogP contribution in [0, 0.1) is 0 Å². The van der Waals surface area contributed by atoms with E-state index in [1.54, 1.807) is 12.1 Å². The summed E-state index contributed by atoms with van der Waals surface area (Å²) in [7, 11) is 0. The highest BCUT2D eigenvalue weighted by Crippen LogP contribution is 2.24. The molecule has 90 valence electrons. The van der Waals surface area contributed by atoms with Gasteiger partial charge in [-0.1, -0.05) is 13.0 Å². The maximum absolute atomic E-state index is 11.3. The van der Waals surface area contributed by atoms with Crippen molar-refractivity contribution in [2.45, 2.75) is 19.8 Å². The lowest BCUT2D eigenvalue weighted by Crippen LogP contribution is -2.16. The van der Waals surface area contributed by atoms with E-state index in [1.807, 2.05) is 13.0 Å². The zero-order valence-electron chi connectivity index (χ0n) is 9.19. The molecule has 5 heteroatoms. The number of aryl methyl sites for hydroxylation is 1. The summed E-state index contributed by atoms with van der Waals surface area (Å²) in [6.07, 6.45) is 1.12. The van der Waals surface area contributed by atoms with Crippen LogP contribution in [-0.2, 0) is 11.2 Å². The van der Waals surface area contributed by atoms with Crippen LogP contribution in [0.15, 0.2) is 18.2 Å². The van der Waals surface area contributed by atoms with Gasteiger partial charge in [-0.05, 0) is 24.1 Å². The van der Waals surface area contributed by atoms with Crippen molar-refractivity contribution in [1.29, 1.82) is 0 Å². The molecule has 0 aliphatic heterocycles. The Morgan fingerprint density at radius 2 is 2.19 bits per heavy atom. The van der Waals surface area contributed by atoms with E-state index in [1.165, 1.54) is 0 Å². The Morgan fingerprint density at radius 3 is 2.75 bits per heavy atom. The molecule has 0 aliphatic carbocycles. The van der Waals surface area contributed by atoms with Gasteiger partial charge >= 0.3 is 0 Å². The number of halogens is 1. The molecule has 0 unspecified atom stereocenters. The average Bonchev–Trinajstić information content (AvgIpc) is 2.21. The first-order valence-electron chi connectivity index (χ1n) is 4.99. The molecule has 0 saturated heterocycles. The van der Waals surface area contributed by atoms with E-state index in [4.69, 9.17) is 5.73 Å². The lowest BCUT2D eigenvalue weighted by Gasteiger charge is -2.08. The molecular formula is C11H17ClN2O2. The molecule has 1 rings (SSSR count). The van der Waals surface area contributed by atoms with E-state index in [9.17, 15) is 9.90 Å². The Balaban J connectivity index is 0.00000225. The molecule has 1 amide bonds. The van der Waals surface area contributed by atoms with Gasteiger partial charge in [-0.15, -0.1) is 12.4 Å². The van der Waals surface area contributed by atoms with Crippen LogP contribution >= 0.6 is 12.4 Å². The molecular weight excluding hydrogens is 228 g/mol. The Kier molecular flexibility index (Phi) is 6.53. The molecule has 0 bridgehead atoms. The summed E-state index contributed by atoms with van der Waals surface area (Å²) in [4.78, 5) is 11.3. The number of hydrogen-bond acceptors (Lipinski definition) is 3. The molecule has 0 radical (unpaired) electrons. The van der Waals surface area contributed by atoms with Crippen LogP contribution in [0.1, 0.15) is 18.9 Å². The largest absolute Gasteiger partial charge is 0.506 e. The fourth-order valence-electron chi connectivity index (χ4n) is 1.25. The number of aromatic hydroxyl groups is 1. The second-order valence-electron chi connectivity index (χ2n) is 3.29. The number of benzene rings is 1. The van der Waals surface area contributed by atoms with Crippen LogP contribution in [0.25, 0.3) is 0 Å². The van der Waals surface area contributed by atoms with Gasteiger partial charge in [-0.3, -0.25) is 4.79 Å². The second-order valence-corrected chi connectivity index (χ2v) is 3.29. The average molecular weight is 245 g/mol. The number of carbonyl (C=O) groups excluding carboxylic acids is 1. The van der Waals surface area contributed by atoms with Gasteiger partial charge in [0.2, 0.25) is 5.91 Å². The topological polar surface area (TPSA) is 75.3 Å². The van der Waals surface area contributed by atoms with Crippen LogP contribution in [0.3, 0.4) is 0 Å². The zero-order valence-corrected chi connectivity index (χ0v) is 10.0. The Labute approximate surface area is 101 Å². The molecule has 1 aromatic carbocycles. The van der Waals surface area contributed by atoms with E-state index in [-0.39, 0.29) is 30.5 Å². The SMILES string of the molecule is CCc1ccc(O)c(NC(=O)CCN)c1.Cl. The molecule has 1 aromatic rings. The molecule has 0 atom stereocenters. The second kappa shape index (κ2) is 7.09. The molecule has 4 N–H and O–H groups in total. The summed E-state index contributed by atoms with van der Waals surface area (Å²) in [6, 6.07) is 5.18. The van der Waals surface area contributed by atoms with Crippen molar-refractivity contribution in [2.75, 3.05) is 11.9 Å². The normalized spacial score (nSPS) is 9.38. The number of nitrogens with two attached hydrogens (primary N) is 1. The van der Waals surface area contributed by atoms with Crippen molar-refractivity contribution in [2.24, 2.45) is 5.73 Å². The predicted octanol–water partition coefficient (Wildman–Crippen LogP) is 1.66. The number of hydrogen-bond donors (Lipinski definition) is 3. The van der Waals surface area contributed by atoms with Crippen molar-refractivity contribution in [3.05, 3.63) is 23.8 Å². The summed E-state index contributed by atoms with van der Waals surface area (Å²) in [5, 5.41) is 12.1. The highest BCUT2D eigenvalue weighted by molar-refractivity contribution is 5.92. The maximum atomic E-state index is 11.3. The third-order valence-electron chi connectivity index (χ3n) is 2.11. The summed E-state index contributed by atoms with van der Waals surface area (Å²) in [5.41, 5.74) is 6.77. The molecule has 0 spiro atoms. The number of nitrogens with one attached hydrogen (secondary N) is 1. The van der Waals surface area contributed by atoms with Gasteiger partial charge in [-0.25, -0.2) is 0 Å². The van der Waals surface area contributed by atoms with Crippen LogP contribution in [0.4, 0.5) is 5.69 Å². The lowest BCUT2D eigenvalue weighted by molar-refractivity contribution is -0.116. The predicted molar refractivity (Wildman–Crippen MR) is 67.0 cm³/mol. The number of amides is 1. The number of phenols is 1. The zero-order chi connectivity index (χ0) is 11.3. The highest BCUT2D eigenvalue weighted by atomic mass is 35.5. The summed E-state index contributed by atoms with van der Waals surface area (Å²) < 4.78 is 0. The van der Waals surface area contributed by atoms with Gasteiger partial charge in [0, 0.05) is 13.0 Å². The molecule has 0 aromatic heterocycles. The summed E-state index contributed by atoms with van der Waals surface area (Å²) in [6.45, 7) is 2.32. The first-order chi connectivity index (χ1) is 7.17.